The normalized spacial score (nSPS) is 12.1. The summed E-state index contributed by atoms with van der Waals surface area (Å²) in [6, 6.07) is 10.1. The van der Waals surface area contributed by atoms with Gasteiger partial charge in [0.15, 0.2) is 0 Å². The molecule has 4 nitrogen and oxygen atoms in total. The molecule has 0 aliphatic rings. The third-order valence-corrected chi connectivity index (χ3v) is 3.10. The van der Waals surface area contributed by atoms with E-state index in [1.54, 1.807) is 30.3 Å². The van der Waals surface area contributed by atoms with Crippen LogP contribution in [-0.2, 0) is 4.79 Å². The minimum atomic E-state index is -0.916. The smallest absolute Gasteiger partial charge is 0.304 e. The summed E-state index contributed by atoms with van der Waals surface area (Å²) in [4.78, 5) is 24.9. The Bertz CT molecular complexity index is 634. The van der Waals surface area contributed by atoms with Crippen LogP contribution in [0.25, 0.3) is 0 Å². The number of carboxylic acid groups (broad SMARTS) is 1. The molecule has 0 saturated heterocycles. The quantitative estimate of drug-likeness (QED) is 0.902. The lowest BCUT2D eigenvalue weighted by molar-refractivity contribution is -0.137. The first-order chi connectivity index (χ1) is 9.06. The predicted molar refractivity (Wildman–Crippen MR) is 72.6 cm³/mol. The second kappa shape index (κ2) is 5.71. The molecule has 98 valence electrons. The van der Waals surface area contributed by atoms with Crippen LogP contribution in [0, 0.1) is 0 Å². The molecule has 0 amide bonds. The van der Waals surface area contributed by atoms with Crippen molar-refractivity contribution in [2.75, 3.05) is 0 Å². The molecular weight excluding hydrogens is 266 g/mol. The summed E-state index contributed by atoms with van der Waals surface area (Å²) in [5.74, 6) is -1.28. The Hall–Kier alpha value is -2.07. The first-order valence-electron chi connectivity index (χ1n) is 5.72. The Morgan fingerprint density at radius 1 is 1.21 bits per heavy atom. The summed E-state index contributed by atoms with van der Waals surface area (Å²) in [6.07, 6.45) is 1.44. The summed E-state index contributed by atoms with van der Waals surface area (Å²) >= 11 is 5.82. The van der Waals surface area contributed by atoms with Gasteiger partial charge in [-0.2, -0.15) is 0 Å². The average molecular weight is 278 g/mol. The zero-order chi connectivity index (χ0) is 13.8. The van der Waals surface area contributed by atoms with Crippen LogP contribution in [0.15, 0.2) is 47.4 Å². The molecule has 1 aromatic heterocycles. The lowest BCUT2D eigenvalue weighted by Crippen LogP contribution is -2.12. The van der Waals surface area contributed by atoms with Crippen LogP contribution >= 0.6 is 11.6 Å². The third kappa shape index (κ3) is 3.45. The van der Waals surface area contributed by atoms with Gasteiger partial charge in [-0.05, 0) is 29.3 Å². The highest BCUT2D eigenvalue weighted by atomic mass is 35.5. The lowest BCUT2D eigenvalue weighted by Gasteiger charge is -2.15. The summed E-state index contributed by atoms with van der Waals surface area (Å²) in [6.45, 7) is 0. The van der Waals surface area contributed by atoms with Crippen LogP contribution in [0.3, 0.4) is 0 Å². The summed E-state index contributed by atoms with van der Waals surface area (Å²) in [5.41, 5.74) is 1.24. The minimum absolute atomic E-state index is 0.0783. The molecule has 2 rings (SSSR count). The van der Waals surface area contributed by atoms with Crippen molar-refractivity contribution in [3.05, 3.63) is 69.1 Å². The first kappa shape index (κ1) is 13.4. The Balaban J connectivity index is 2.43. The number of carbonyl (C=O) groups is 1. The first-order valence-corrected chi connectivity index (χ1v) is 6.10. The van der Waals surface area contributed by atoms with E-state index in [0.717, 1.165) is 5.56 Å². The molecule has 5 heteroatoms. The Labute approximate surface area is 114 Å². The van der Waals surface area contributed by atoms with Crippen molar-refractivity contribution >= 4 is 17.6 Å². The number of H-pyrrole nitrogens is 1. The number of rotatable bonds is 4. The van der Waals surface area contributed by atoms with Gasteiger partial charge in [-0.1, -0.05) is 23.7 Å². The molecule has 19 heavy (non-hydrogen) atoms. The van der Waals surface area contributed by atoms with Gasteiger partial charge in [0.2, 0.25) is 5.56 Å². The second-order valence-electron chi connectivity index (χ2n) is 4.19. The molecule has 2 N–H and O–H groups in total. The topological polar surface area (TPSA) is 70.2 Å². The molecule has 1 aromatic carbocycles. The van der Waals surface area contributed by atoms with Crippen LogP contribution in [0.1, 0.15) is 23.5 Å². The fourth-order valence-electron chi connectivity index (χ4n) is 1.98. The van der Waals surface area contributed by atoms with E-state index in [4.69, 9.17) is 16.7 Å². The molecule has 0 aliphatic carbocycles. The number of pyridine rings is 1. The molecule has 1 heterocycles. The van der Waals surface area contributed by atoms with Crippen molar-refractivity contribution in [1.82, 2.24) is 4.98 Å². The maximum atomic E-state index is 11.3. The molecule has 1 unspecified atom stereocenters. The number of halogens is 1. The zero-order valence-electron chi connectivity index (χ0n) is 9.97. The van der Waals surface area contributed by atoms with Crippen molar-refractivity contribution in [2.45, 2.75) is 12.3 Å². The number of aliphatic carboxylic acids is 1. The van der Waals surface area contributed by atoms with Crippen LogP contribution in [0.2, 0.25) is 5.02 Å². The van der Waals surface area contributed by atoms with Gasteiger partial charge in [-0.25, -0.2) is 0 Å². The highest BCUT2D eigenvalue weighted by Gasteiger charge is 2.18. The Kier molecular flexibility index (Phi) is 4.02. The molecule has 2 aromatic rings. The van der Waals surface area contributed by atoms with Crippen molar-refractivity contribution in [3.63, 3.8) is 0 Å². The summed E-state index contributed by atoms with van der Waals surface area (Å²) in [7, 11) is 0. The summed E-state index contributed by atoms with van der Waals surface area (Å²) < 4.78 is 0. The number of aromatic amines is 1. The van der Waals surface area contributed by atoms with E-state index in [1.807, 2.05) is 0 Å². The molecule has 1 atom stereocenters. The van der Waals surface area contributed by atoms with Crippen LogP contribution in [-0.4, -0.2) is 16.1 Å². The number of carboxylic acids is 1. The molecular formula is C14H12ClNO3. The van der Waals surface area contributed by atoms with Gasteiger partial charge in [0.1, 0.15) is 0 Å². The minimum Gasteiger partial charge on any atom is -0.481 e. The van der Waals surface area contributed by atoms with Gasteiger partial charge in [0, 0.05) is 23.2 Å². The maximum Gasteiger partial charge on any atom is 0.304 e. The van der Waals surface area contributed by atoms with Crippen molar-refractivity contribution < 1.29 is 9.90 Å². The van der Waals surface area contributed by atoms with Crippen LogP contribution in [0.5, 0.6) is 0 Å². The molecule has 0 spiro atoms. The van der Waals surface area contributed by atoms with Gasteiger partial charge in [-0.15, -0.1) is 0 Å². The standard InChI is InChI=1S/C14H12ClNO3/c15-11-3-1-9(2-4-11)12(8-14(18)19)10-5-6-16-13(17)7-10/h1-7,12H,8H2,(H,16,17)(H,18,19). The average Bonchev–Trinajstić information content (AvgIpc) is 2.37. The Morgan fingerprint density at radius 3 is 2.47 bits per heavy atom. The number of nitrogens with one attached hydrogen (secondary N) is 1. The largest absolute Gasteiger partial charge is 0.481 e. The van der Waals surface area contributed by atoms with E-state index in [2.05, 4.69) is 4.98 Å². The predicted octanol–water partition coefficient (Wildman–Crippen LogP) is 2.63. The van der Waals surface area contributed by atoms with Crippen LogP contribution in [0.4, 0.5) is 0 Å². The van der Waals surface area contributed by atoms with Crippen molar-refractivity contribution in [1.29, 1.82) is 0 Å². The highest BCUT2D eigenvalue weighted by molar-refractivity contribution is 6.30. The summed E-state index contributed by atoms with van der Waals surface area (Å²) in [5, 5.41) is 9.61. The van der Waals surface area contributed by atoms with E-state index in [0.29, 0.717) is 10.6 Å². The third-order valence-electron chi connectivity index (χ3n) is 2.85. The van der Waals surface area contributed by atoms with Gasteiger partial charge < -0.3 is 10.1 Å². The SMILES string of the molecule is O=C(O)CC(c1ccc(Cl)cc1)c1cc[nH]c(=O)c1. The number of hydrogen-bond donors (Lipinski definition) is 2. The molecule has 0 bridgehead atoms. The van der Waals surface area contributed by atoms with Crippen LogP contribution < -0.4 is 5.56 Å². The number of aromatic nitrogens is 1. The molecule has 0 radical (unpaired) electrons. The zero-order valence-corrected chi connectivity index (χ0v) is 10.7. The van der Waals surface area contributed by atoms with E-state index >= 15 is 0 Å². The molecule has 0 aliphatic heterocycles. The lowest BCUT2D eigenvalue weighted by atomic mass is 9.89. The van der Waals surface area contributed by atoms with Gasteiger partial charge in [0.25, 0.3) is 0 Å². The van der Waals surface area contributed by atoms with E-state index in [-0.39, 0.29) is 17.9 Å². The van der Waals surface area contributed by atoms with E-state index in [9.17, 15) is 9.59 Å². The fraction of sp³-hybridized carbons (Fsp3) is 0.143. The second-order valence-corrected chi connectivity index (χ2v) is 4.62. The van der Waals surface area contributed by atoms with Crippen molar-refractivity contribution in [2.24, 2.45) is 0 Å². The Morgan fingerprint density at radius 2 is 1.89 bits per heavy atom. The molecule has 0 fully saturated rings. The van der Waals surface area contributed by atoms with Gasteiger partial charge in [-0.3, -0.25) is 9.59 Å². The van der Waals surface area contributed by atoms with Crippen molar-refractivity contribution in [3.8, 4) is 0 Å². The number of benzene rings is 1. The maximum absolute atomic E-state index is 11.3. The number of hydrogen-bond acceptors (Lipinski definition) is 2. The fourth-order valence-corrected chi connectivity index (χ4v) is 2.10. The van der Waals surface area contributed by atoms with E-state index < -0.39 is 5.97 Å². The van der Waals surface area contributed by atoms with Gasteiger partial charge in [0.05, 0.1) is 6.42 Å². The highest BCUT2D eigenvalue weighted by Crippen LogP contribution is 2.28. The van der Waals surface area contributed by atoms with E-state index in [1.165, 1.54) is 12.3 Å². The molecule has 0 saturated carbocycles. The monoisotopic (exact) mass is 277 g/mol. The van der Waals surface area contributed by atoms with Gasteiger partial charge >= 0.3 is 5.97 Å².